The van der Waals surface area contributed by atoms with E-state index in [9.17, 15) is 14.4 Å². The van der Waals surface area contributed by atoms with Crippen molar-refractivity contribution in [3.63, 3.8) is 0 Å². The maximum Gasteiger partial charge on any atom is 0.315 e. The number of carboxylic acids is 1. The highest BCUT2D eigenvalue weighted by Gasteiger charge is 2.26. The number of nitrogens with zero attached hydrogens (tertiary/aromatic N) is 1. The maximum absolute atomic E-state index is 11.8. The summed E-state index contributed by atoms with van der Waals surface area (Å²) in [6, 6.07) is 0. The minimum atomic E-state index is -1.19. The lowest BCUT2D eigenvalue weighted by atomic mass is 10.1. The number of carboxylic acid groups (broad SMARTS) is 1. The fourth-order valence-electron chi connectivity index (χ4n) is 1.24. The van der Waals surface area contributed by atoms with Crippen LogP contribution < -0.4 is 0 Å². The lowest BCUT2D eigenvalue weighted by molar-refractivity contribution is -0.150. The molecule has 0 aliphatic rings. The zero-order valence-electron chi connectivity index (χ0n) is 10.8. The Morgan fingerprint density at radius 1 is 1.22 bits per heavy atom. The molecule has 7 heteroatoms. The molecule has 0 aromatic heterocycles. The van der Waals surface area contributed by atoms with E-state index in [0.29, 0.717) is 0 Å². The van der Waals surface area contributed by atoms with Crippen molar-refractivity contribution in [2.45, 2.75) is 13.3 Å². The second-order valence-electron chi connectivity index (χ2n) is 3.70. The number of amides is 1. The number of methoxy groups -OCH3 is 2. The van der Waals surface area contributed by atoms with Gasteiger partial charge in [-0.05, 0) is 6.92 Å². The third-order valence-electron chi connectivity index (χ3n) is 2.43. The zero-order chi connectivity index (χ0) is 14.1. The predicted molar refractivity (Wildman–Crippen MR) is 61.9 cm³/mol. The van der Waals surface area contributed by atoms with Crippen molar-refractivity contribution in [1.82, 2.24) is 4.90 Å². The van der Waals surface area contributed by atoms with Crippen LogP contribution in [-0.4, -0.2) is 61.8 Å². The van der Waals surface area contributed by atoms with E-state index in [1.54, 1.807) is 0 Å². The van der Waals surface area contributed by atoms with E-state index in [2.05, 4.69) is 4.74 Å². The summed E-state index contributed by atoms with van der Waals surface area (Å²) in [6.45, 7) is 1.94. The van der Waals surface area contributed by atoms with E-state index in [1.165, 1.54) is 26.0 Å². The smallest absolute Gasteiger partial charge is 0.315 e. The first kappa shape index (κ1) is 16.4. The molecule has 104 valence electrons. The molecule has 0 aromatic carbocycles. The average molecular weight is 261 g/mol. The average Bonchev–Trinajstić information content (AvgIpc) is 2.36. The van der Waals surface area contributed by atoms with Crippen LogP contribution in [0.5, 0.6) is 0 Å². The molecular weight excluding hydrogens is 242 g/mol. The molecule has 0 aliphatic carbocycles. The van der Waals surface area contributed by atoms with Crippen molar-refractivity contribution >= 4 is 17.8 Å². The third kappa shape index (κ3) is 5.62. The van der Waals surface area contributed by atoms with Crippen molar-refractivity contribution in [3.8, 4) is 0 Å². The monoisotopic (exact) mass is 261 g/mol. The van der Waals surface area contributed by atoms with Crippen molar-refractivity contribution < 1.29 is 29.0 Å². The Bertz CT molecular complexity index is 304. The first-order valence-electron chi connectivity index (χ1n) is 5.51. The van der Waals surface area contributed by atoms with E-state index in [1.807, 2.05) is 0 Å². The molecule has 1 N–H and O–H groups in total. The van der Waals surface area contributed by atoms with E-state index in [-0.39, 0.29) is 26.1 Å². The van der Waals surface area contributed by atoms with Crippen molar-refractivity contribution in [2.75, 3.05) is 33.9 Å². The number of carbonyl (C=O) groups is 3. The van der Waals surface area contributed by atoms with Crippen molar-refractivity contribution in [3.05, 3.63) is 0 Å². The van der Waals surface area contributed by atoms with Crippen molar-refractivity contribution in [1.29, 1.82) is 0 Å². The number of hydrogen-bond acceptors (Lipinski definition) is 5. The number of hydrogen-bond donors (Lipinski definition) is 1. The van der Waals surface area contributed by atoms with Gasteiger partial charge < -0.3 is 19.5 Å². The SMILES string of the molecule is COCCN(CCC(=O)OC)C(=O)C(C)C(=O)O. The summed E-state index contributed by atoms with van der Waals surface area (Å²) in [5.41, 5.74) is 0. The summed E-state index contributed by atoms with van der Waals surface area (Å²) in [5.74, 6) is -3.32. The topological polar surface area (TPSA) is 93.1 Å². The van der Waals surface area contributed by atoms with Crippen molar-refractivity contribution in [2.24, 2.45) is 5.92 Å². The van der Waals surface area contributed by atoms with Crippen LogP contribution in [0.25, 0.3) is 0 Å². The lowest BCUT2D eigenvalue weighted by Crippen LogP contribution is -2.41. The van der Waals surface area contributed by atoms with Gasteiger partial charge in [-0.3, -0.25) is 14.4 Å². The number of carbonyl (C=O) groups excluding carboxylic acids is 2. The van der Waals surface area contributed by atoms with Gasteiger partial charge in [0.1, 0.15) is 5.92 Å². The van der Waals surface area contributed by atoms with Crippen LogP contribution in [0.2, 0.25) is 0 Å². The zero-order valence-corrected chi connectivity index (χ0v) is 10.8. The van der Waals surface area contributed by atoms with Crippen LogP contribution in [0.15, 0.2) is 0 Å². The van der Waals surface area contributed by atoms with Crippen LogP contribution in [-0.2, 0) is 23.9 Å². The molecule has 0 fully saturated rings. The number of esters is 1. The molecule has 0 aromatic rings. The number of rotatable bonds is 8. The van der Waals surface area contributed by atoms with Gasteiger partial charge in [-0.1, -0.05) is 0 Å². The van der Waals surface area contributed by atoms with Gasteiger partial charge in [-0.2, -0.15) is 0 Å². The fourth-order valence-corrected chi connectivity index (χ4v) is 1.24. The van der Waals surface area contributed by atoms with Gasteiger partial charge in [-0.15, -0.1) is 0 Å². The Hall–Kier alpha value is -1.63. The second kappa shape index (κ2) is 8.46. The predicted octanol–water partition coefficient (Wildman–Crippen LogP) is -0.255. The first-order chi connectivity index (χ1) is 8.43. The normalized spacial score (nSPS) is 11.7. The Kier molecular flexibility index (Phi) is 7.69. The molecule has 1 amide bonds. The molecule has 0 saturated heterocycles. The molecule has 0 heterocycles. The Morgan fingerprint density at radius 3 is 2.28 bits per heavy atom. The van der Waals surface area contributed by atoms with Gasteiger partial charge in [0.2, 0.25) is 5.91 Å². The second-order valence-corrected chi connectivity index (χ2v) is 3.70. The molecule has 0 radical (unpaired) electrons. The summed E-state index contributed by atoms with van der Waals surface area (Å²) in [4.78, 5) is 34.9. The minimum absolute atomic E-state index is 0.0261. The summed E-state index contributed by atoms with van der Waals surface area (Å²) < 4.78 is 9.31. The molecule has 0 saturated carbocycles. The van der Waals surface area contributed by atoms with Gasteiger partial charge in [-0.25, -0.2) is 0 Å². The largest absolute Gasteiger partial charge is 0.481 e. The molecule has 7 nitrogen and oxygen atoms in total. The van der Waals surface area contributed by atoms with E-state index in [4.69, 9.17) is 9.84 Å². The highest BCUT2D eigenvalue weighted by Crippen LogP contribution is 2.04. The molecule has 0 rings (SSSR count). The van der Waals surface area contributed by atoms with Gasteiger partial charge in [0, 0.05) is 20.2 Å². The fraction of sp³-hybridized carbons (Fsp3) is 0.727. The summed E-state index contributed by atoms with van der Waals surface area (Å²) in [5, 5.41) is 8.78. The minimum Gasteiger partial charge on any atom is -0.481 e. The van der Waals surface area contributed by atoms with Crippen LogP contribution in [0, 0.1) is 5.92 Å². The third-order valence-corrected chi connectivity index (χ3v) is 2.43. The Morgan fingerprint density at radius 2 is 1.83 bits per heavy atom. The first-order valence-corrected chi connectivity index (χ1v) is 5.51. The maximum atomic E-state index is 11.8. The highest BCUT2D eigenvalue weighted by molar-refractivity contribution is 5.96. The van der Waals surface area contributed by atoms with Gasteiger partial charge in [0.05, 0.1) is 20.1 Å². The highest BCUT2D eigenvalue weighted by atomic mass is 16.5. The molecule has 0 bridgehead atoms. The van der Waals surface area contributed by atoms with E-state index < -0.39 is 23.8 Å². The molecule has 0 aliphatic heterocycles. The summed E-state index contributed by atoms with van der Waals surface area (Å²) in [6.07, 6.45) is 0.0261. The van der Waals surface area contributed by atoms with Crippen LogP contribution in [0.4, 0.5) is 0 Å². The van der Waals surface area contributed by atoms with Gasteiger partial charge >= 0.3 is 11.9 Å². The van der Waals surface area contributed by atoms with Gasteiger partial charge in [0.15, 0.2) is 0 Å². The number of ether oxygens (including phenoxy) is 2. The molecule has 1 atom stereocenters. The quantitative estimate of drug-likeness (QED) is 0.478. The molecule has 1 unspecified atom stereocenters. The summed E-state index contributed by atoms with van der Waals surface area (Å²) >= 11 is 0. The summed E-state index contributed by atoms with van der Waals surface area (Å²) in [7, 11) is 2.73. The molecule has 0 spiro atoms. The van der Waals surface area contributed by atoms with Gasteiger partial charge in [0.25, 0.3) is 0 Å². The van der Waals surface area contributed by atoms with Crippen LogP contribution in [0.3, 0.4) is 0 Å². The van der Waals surface area contributed by atoms with E-state index >= 15 is 0 Å². The lowest BCUT2D eigenvalue weighted by Gasteiger charge is -2.23. The Labute approximate surface area is 106 Å². The van der Waals surface area contributed by atoms with Crippen LogP contribution >= 0.6 is 0 Å². The molecular formula is C11H19NO6. The number of aliphatic carboxylic acids is 1. The van der Waals surface area contributed by atoms with Crippen LogP contribution in [0.1, 0.15) is 13.3 Å². The standard InChI is InChI=1S/C11H19NO6/c1-8(11(15)16)10(14)12(6-7-17-2)5-4-9(13)18-3/h8H,4-7H2,1-3H3,(H,15,16). The Balaban J connectivity index is 4.50. The van der Waals surface area contributed by atoms with E-state index in [0.717, 1.165) is 0 Å². The molecule has 18 heavy (non-hydrogen) atoms.